The van der Waals surface area contributed by atoms with E-state index < -0.39 is 5.91 Å². The molecule has 0 aliphatic carbocycles. The second-order valence-corrected chi connectivity index (χ2v) is 7.00. The average molecular weight is 444 g/mol. The summed E-state index contributed by atoms with van der Waals surface area (Å²) in [6.45, 7) is 3.77. The lowest BCUT2D eigenvalue weighted by Gasteiger charge is -2.16. The Morgan fingerprint density at radius 2 is 1.89 bits per heavy atom. The van der Waals surface area contributed by atoms with Crippen LogP contribution in [0.5, 0.6) is 11.5 Å². The van der Waals surface area contributed by atoms with Crippen LogP contribution >= 0.6 is 15.9 Å². The van der Waals surface area contributed by atoms with Crippen molar-refractivity contribution in [2.75, 3.05) is 19.5 Å². The van der Waals surface area contributed by atoms with Gasteiger partial charge >= 0.3 is 0 Å². The van der Waals surface area contributed by atoms with Gasteiger partial charge in [0.25, 0.3) is 5.91 Å². The summed E-state index contributed by atoms with van der Waals surface area (Å²) in [7, 11) is 3.12. The minimum Gasteiger partial charge on any atom is -0.493 e. The molecule has 0 aliphatic rings. The molecule has 0 saturated heterocycles. The SMILES string of the molecule is COc1ccc(C(C)NC(=O)/C(C#N)=C\Nc2ccc(Br)cc2C)cc1OC. The van der Waals surface area contributed by atoms with Gasteiger partial charge in [0.2, 0.25) is 0 Å². The molecule has 0 fully saturated rings. The van der Waals surface area contributed by atoms with Gasteiger partial charge in [-0.1, -0.05) is 22.0 Å². The molecular weight excluding hydrogens is 422 g/mol. The Hall–Kier alpha value is -2.98. The lowest BCUT2D eigenvalue weighted by atomic mass is 10.1. The van der Waals surface area contributed by atoms with E-state index >= 15 is 0 Å². The van der Waals surface area contributed by atoms with Gasteiger partial charge in [-0.25, -0.2) is 0 Å². The van der Waals surface area contributed by atoms with Gasteiger partial charge in [0.05, 0.1) is 20.3 Å². The summed E-state index contributed by atoms with van der Waals surface area (Å²) >= 11 is 3.41. The van der Waals surface area contributed by atoms with Crippen LogP contribution in [0.2, 0.25) is 0 Å². The highest BCUT2D eigenvalue weighted by atomic mass is 79.9. The number of hydrogen-bond donors (Lipinski definition) is 2. The van der Waals surface area contributed by atoms with Crippen molar-refractivity contribution >= 4 is 27.5 Å². The average Bonchev–Trinajstić information content (AvgIpc) is 2.69. The predicted octanol–water partition coefficient (Wildman–Crippen LogP) is 4.47. The fourth-order valence-electron chi connectivity index (χ4n) is 2.57. The Morgan fingerprint density at radius 1 is 1.18 bits per heavy atom. The van der Waals surface area contributed by atoms with E-state index in [0.717, 1.165) is 21.3 Å². The number of halogens is 1. The number of methoxy groups -OCH3 is 2. The molecule has 2 rings (SSSR count). The number of benzene rings is 2. The van der Waals surface area contributed by atoms with Gasteiger partial charge in [-0.2, -0.15) is 5.26 Å². The number of carbonyl (C=O) groups excluding carboxylic acids is 1. The van der Waals surface area contributed by atoms with Crippen LogP contribution < -0.4 is 20.1 Å². The molecule has 2 N–H and O–H groups in total. The van der Waals surface area contributed by atoms with E-state index in [1.54, 1.807) is 26.4 Å². The first kappa shape index (κ1) is 21.3. The van der Waals surface area contributed by atoms with Crippen LogP contribution in [0.1, 0.15) is 24.1 Å². The summed E-state index contributed by atoms with van der Waals surface area (Å²) in [4.78, 5) is 12.5. The third kappa shape index (κ3) is 5.27. The summed E-state index contributed by atoms with van der Waals surface area (Å²) in [5.74, 6) is 0.716. The number of nitrogens with one attached hydrogen (secondary N) is 2. The highest BCUT2D eigenvalue weighted by Crippen LogP contribution is 2.30. The third-order valence-corrected chi connectivity index (χ3v) is 4.67. The van der Waals surface area contributed by atoms with Crippen LogP contribution in [-0.4, -0.2) is 20.1 Å². The van der Waals surface area contributed by atoms with Gasteiger partial charge in [-0.3, -0.25) is 4.79 Å². The molecule has 146 valence electrons. The van der Waals surface area contributed by atoms with Crippen molar-refractivity contribution in [3.63, 3.8) is 0 Å². The van der Waals surface area contributed by atoms with E-state index in [-0.39, 0.29) is 11.6 Å². The molecule has 1 unspecified atom stereocenters. The summed E-state index contributed by atoms with van der Waals surface area (Å²) in [5.41, 5.74) is 2.62. The van der Waals surface area contributed by atoms with E-state index in [9.17, 15) is 10.1 Å². The van der Waals surface area contributed by atoms with Crippen LogP contribution in [0.3, 0.4) is 0 Å². The third-order valence-electron chi connectivity index (χ3n) is 4.18. The Kier molecular flexibility index (Phi) is 7.47. The second kappa shape index (κ2) is 9.81. The van der Waals surface area contributed by atoms with Crippen molar-refractivity contribution in [3.05, 3.63) is 63.8 Å². The lowest BCUT2D eigenvalue weighted by Crippen LogP contribution is -2.28. The topological polar surface area (TPSA) is 83.4 Å². The maximum atomic E-state index is 12.5. The summed E-state index contributed by atoms with van der Waals surface area (Å²) in [6.07, 6.45) is 1.41. The normalized spacial score (nSPS) is 11.9. The number of aryl methyl sites for hydroxylation is 1. The van der Waals surface area contributed by atoms with Gasteiger partial charge in [-0.05, 0) is 55.3 Å². The van der Waals surface area contributed by atoms with Crippen molar-refractivity contribution in [3.8, 4) is 17.6 Å². The highest BCUT2D eigenvalue weighted by Gasteiger charge is 2.15. The molecule has 6 nitrogen and oxygen atoms in total. The van der Waals surface area contributed by atoms with E-state index in [4.69, 9.17) is 9.47 Å². The molecule has 0 bridgehead atoms. The quantitative estimate of drug-likeness (QED) is 0.486. The zero-order valence-electron chi connectivity index (χ0n) is 16.2. The van der Waals surface area contributed by atoms with Gasteiger partial charge < -0.3 is 20.1 Å². The Labute approximate surface area is 173 Å². The van der Waals surface area contributed by atoms with Crippen molar-refractivity contribution in [1.29, 1.82) is 5.26 Å². The van der Waals surface area contributed by atoms with Crippen molar-refractivity contribution in [2.45, 2.75) is 19.9 Å². The number of nitriles is 1. The number of hydrogen-bond acceptors (Lipinski definition) is 5. The number of rotatable bonds is 7. The van der Waals surface area contributed by atoms with Gasteiger partial charge in [0.1, 0.15) is 11.6 Å². The molecule has 28 heavy (non-hydrogen) atoms. The molecule has 0 aliphatic heterocycles. The number of anilines is 1. The molecule has 0 aromatic heterocycles. The maximum Gasteiger partial charge on any atom is 0.263 e. The van der Waals surface area contributed by atoms with E-state index in [1.165, 1.54) is 6.20 Å². The van der Waals surface area contributed by atoms with E-state index in [1.807, 2.05) is 44.2 Å². The van der Waals surface area contributed by atoms with Gasteiger partial charge in [0, 0.05) is 16.4 Å². The predicted molar refractivity (Wildman–Crippen MR) is 112 cm³/mol. The Balaban J connectivity index is 2.11. The van der Waals surface area contributed by atoms with Crippen LogP contribution in [-0.2, 0) is 4.79 Å². The van der Waals surface area contributed by atoms with Crippen molar-refractivity contribution < 1.29 is 14.3 Å². The Morgan fingerprint density at radius 3 is 2.50 bits per heavy atom. The summed E-state index contributed by atoms with van der Waals surface area (Å²) in [6, 6.07) is 12.7. The number of carbonyl (C=O) groups is 1. The number of amides is 1. The first-order valence-corrected chi connectivity index (χ1v) is 9.34. The second-order valence-electron chi connectivity index (χ2n) is 6.08. The van der Waals surface area contributed by atoms with Crippen LogP contribution in [0, 0.1) is 18.3 Å². The minimum absolute atomic E-state index is 0.0188. The van der Waals surface area contributed by atoms with Gasteiger partial charge in [-0.15, -0.1) is 0 Å². The molecule has 1 atom stereocenters. The standard InChI is InChI=1S/C21H22BrN3O3/c1-13-9-17(22)6-7-18(13)24-12-16(11-23)21(26)25-14(2)15-5-8-19(27-3)20(10-15)28-4/h5-10,12,14,24H,1-4H3,(H,25,26)/b16-12-. The molecule has 0 spiro atoms. The minimum atomic E-state index is -0.466. The highest BCUT2D eigenvalue weighted by molar-refractivity contribution is 9.10. The monoisotopic (exact) mass is 443 g/mol. The molecule has 1 amide bonds. The maximum absolute atomic E-state index is 12.5. The summed E-state index contributed by atoms with van der Waals surface area (Å²) < 4.78 is 11.5. The molecule has 2 aromatic rings. The first-order chi connectivity index (χ1) is 13.4. The molecular formula is C21H22BrN3O3. The zero-order valence-corrected chi connectivity index (χ0v) is 17.8. The van der Waals surface area contributed by atoms with Gasteiger partial charge in [0.15, 0.2) is 11.5 Å². The number of ether oxygens (including phenoxy) is 2. The molecule has 7 heteroatoms. The first-order valence-electron chi connectivity index (χ1n) is 8.55. The summed E-state index contributed by atoms with van der Waals surface area (Å²) in [5, 5.41) is 15.2. The van der Waals surface area contributed by atoms with Crippen molar-refractivity contribution in [1.82, 2.24) is 5.32 Å². The smallest absolute Gasteiger partial charge is 0.263 e. The van der Waals surface area contributed by atoms with Crippen LogP contribution in [0.25, 0.3) is 0 Å². The molecule has 0 radical (unpaired) electrons. The van der Waals surface area contributed by atoms with E-state index in [2.05, 4.69) is 26.6 Å². The van der Waals surface area contributed by atoms with Crippen LogP contribution in [0.4, 0.5) is 5.69 Å². The van der Waals surface area contributed by atoms with Crippen molar-refractivity contribution in [2.24, 2.45) is 0 Å². The largest absolute Gasteiger partial charge is 0.493 e. The van der Waals surface area contributed by atoms with Crippen LogP contribution in [0.15, 0.2) is 52.6 Å². The lowest BCUT2D eigenvalue weighted by molar-refractivity contribution is -0.117. The van der Waals surface area contributed by atoms with E-state index in [0.29, 0.717) is 11.5 Å². The molecule has 0 heterocycles. The Bertz CT molecular complexity index is 935. The fraction of sp³-hybridized carbons (Fsp3) is 0.238. The molecule has 2 aromatic carbocycles. The fourth-order valence-corrected chi connectivity index (χ4v) is 3.04. The molecule has 0 saturated carbocycles. The number of nitrogens with zero attached hydrogens (tertiary/aromatic N) is 1. The zero-order chi connectivity index (χ0) is 20.7.